The Morgan fingerprint density at radius 3 is 2.62 bits per heavy atom. The largest absolute Gasteiger partial charge is 0.444 e. The Kier molecular flexibility index (Phi) is 5.20. The van der Waals surface area contributed by atoms with Gasteiger partial charge in [-0.15, -0.1) is 0 Å². The molecule has 0 aromatic heterocycles. The fourth-order valence-corrected chi connectivity index (χ4v) is 3.57. The van der Waals surface area contributed by atoms with Crippen molar-refractivity contribution in [2.75, 3.05) is 13.1 Å². The molecule has 0 N–H and O–H groups in total. The van der Waals surface area contributed by atoms with Gasteiger partial charge in [0.05, 0.1) is 0 Å². The molecule has 1 aromatic carbocycles. The summed E-state index contributed by atoms with van der Waals surface area (Å²) in [6, 6.07) is 4.02. The van der Waals surface area contributed by atoms with Crippen molar-refractivity contribution in [1.29, 1.82) is 0 Å². The Hall–Kier alpha value is -0.740. The number of halogens is 2. The predicted octanol–water partition coefficient (Wildman–Crippen LogP) is 4.57. The molecule has 0 unspecified atom stereocenters. The Balaban J connectivity index is 2.16. The van der Waals surface area contributed by atoms with Gasteiger partial charge in [0.1, 0.15) is 5.60 Å². The number of hydrogen-bond donors (Lipinski definition) is 0. The third-order valence-electron chi connectivity index (χ3n) is 3.54. The number of amides is 1. The minimum Gasteiger partial charge on any atom is -0.444 e. The smallest absolute Gasteiger partial charge is 0.410 e. The summed E-state index contributed by atoms with van der Waals surface area (Å²) in [6.07, 6.45) is 1.42. The van der Waals surface area contributed by atoms with Gasteiger partial charge in [-0.1, -0.05) is 33.6 Å². The fourth-order valence-electron chi connectivity index (χ4n) is 2.53. The molecule has 0 saturated carbocycles. The van der Waals surface area contributed by atoms with Crippen molar-refractivity contribution in [2.24, 2.45) is 0 Å². The molecule has 0 fully saturated rings. The summed E-state index contributed by atoms with van der Waals surface area (Å²) in [5.41, 5.74) is 3.23. The van der Waals surface area contributed by atoms with Crippen molar-refractivity contribution >= 4 is 33.6 Å². The van der Waals surface area contributed by atoms with Gasteiger partial charge in [-0.25, -0.2) is 4.79 Å². The number of alkyl halides is 1. The van der Waals surface area contributed by atoms with E-state index in [0.29, 0.717) is 13.1 Å². The number of fused-ring (bicyclic) bond motifs is 1. The van der Waals surface area contributed by atoms with Gasteiger partial charge in [0.2, 0.25) is 0 Å². The SMILES string of the molecule is CC(C)(C)OC(=O)N1CCc2ccc(Cl)c(CBr)c2CC1. The van der Waals surface area contributed by atoms with E-state index in [1.165, 1.54) is 11.1 Å². The number of carbonyl (C=O) groups excluding carboxylic acids is 1. The zero-order chi connectivity index (χ0) is 15.6. The van der Waals surface area contributed by atoms with Gasteiger partial charge < -0.3 is 9.64 Å². The molecule has 21 heavy (non-hydrogen) atoms. The van der Waals surface area contributed by atoms with E-state index in [9.17, 15) is 4.79 Å². The number of hydrogen-bond acceptors (Lipinski definition) is 2. The maximum Gasteiger partial charge on any atom is 0.410 e. The second-order valence-electron chi connectivity index (χ2n) is 6.26. The van der Waals surface area contributed by atoms with E-state index in [4.69, 9.17) is 16.3 Å². The molecule has 0 saturated heterocycles. The van der Waals surface area contributed by atoms with Crippen LogP contribution in [0.1, 0.15) is 37.5 Å². The van der Waals surface area contributed by atoms with Crippen LogP contribution in [0.25, 0.3) is 0 Å². The van der Waals surface area contributed by atoms with E-state index in [2.05, 4.69) is 22.0 Å². The van der Waals surface area contributed by atoms with E-state index in [1.807, 2.05) is 26.8 Å². The van der Waals surface area contributed by atoms with Gasteiger partial charge >= 0.3 is 6.09 Å². The topological polar surface area (TPSA) is 29.5 Å². The van der Waals surface area contributed by atoms with Crippen molar-refractivity contribution < 1.29 is 9.53 Å². The molecule has 0 aliphatic carbocycles. The first kappa shape index (κ1) is 16.6. The van der Waals surface area contributed by atoms with Gasteiger partial charge in [0.15, 0.2) is 0 Å². The molecule has 5 heteroatoms. The van der Waals surface area contributed by atoms with E-state index in [-0.39, 0.29) is 6.09 Å². The lowest BCUT2D eigenvalue weighted by atomic mass is 9.98. The molecule has 0 radical (unpaired) electrons. The summed E-state index contributed by atoms with van der Waals surface area (Å²) in [5, 5.41) is 1.53. The van der Waals surface area contributed by atoms with Crippen LogP contribution in [-0.4, -0.2) is 29.7 Å². The van der Waals surface area contributed by atoms with Crippen LogP contribution in [-0.2, 0) is 22.9 Å². The Morgan fingerprint density at radius 1 is 1.33 bits per heavy atom. The third-order valence-corrected chi connectivity index (χ3v) is 4.45. The van der Waals surface area contributed by atoms with Crippen LogP contribution in [0.15, 0.2) is 12.1 Å². The molecule has 0 spiro atoms. The molecule has 0 bridgehead atoms. The van der Waals surface area contributed by atoms with Crippen LogP contribution in [0.5, 0.6) is 0 Å². The summed E-state index contributed by atoms with van der Waals surface area (Å²) >= 11 is 9.77. The zero-order valence-corrected chi connectivity index (χ0v) is 15.1. The molecule has 0 atom stereocenters. The average Bonchev–Trinajstić information content (AvgIpc) is 2.59. The number of rotatable bonds is 1. The lowest BCUT2D eigenvalue weighted by molar-refractivity contribution is 0.0258. The fraction of sp³-hybridized carbons (Fsp3) is 0.562. The third kappa shape index (κ3) is 4.13. The van der Waals surface area contributed by atoms with Gasteiger partial charge in [-0.3, -0.25) is 0 Å². The highest BCUT2D eigenvalue weighted by Crippen LogP contribution is 2.28. The molecule has 1 aromatic rings. The zero-order valence-electron chi connectivity index (χ0n) is 12.7. The second-order valence-corrected chi connectivity index (χ2v) is 7.23. The normalized spacial score (nSPS) is 15.4. The first-order chi connectivity index (χ1) is 9.81. The van der Waals surface area contributed by atoms with E-state index < -0.39 is 5.60 Å². The number of carbonyl (C=O) groups is 1. The van der Waals surface area contributed by atoms with Crippen LogP contribution in [0.3, 0.4) is 0 Å². The highest BCUT2D eigenvalue weighted by atomic mass is 79.9. The minimum atomic E-state index is -0.458. The predicted molar refractivity (Wildman–Crippen MR) is 89.3 cm³/mol. The van der Waals surface area contributed by atoms with Crippen LogP contribution >= 0.6 is 27.5 Å². The lowest BCUT2D eigenvalue weighted by Gasteiger charge is -2.26. The molecular formula is C16H21BrClNO2. The Morgan fingerprint density at radius 2 is 2.00 bits per heavy atom. The van der Waals surface area contributed by atoms with Gasteiger partial charge in [-0.2, -0.15) is 0 Å². The van der Waals surface area contributed by atoms with Crippen molar-refractivity contribution in [1.82, 2.24) is 4.90 Å². The minimum absolute atomic E-state index is 0.234. The monoisotopic (exact) mass is 373 g/mol. The maximum atomic E-state index is 12.2. The summed E-state index contributed by atoms with van der Waals surface area (Å²) < 4.78 is 5.46. The molecule has 1 heterocycles. The van der Waals surface area contributed by atoms with Crippen molar-refractivity contribution in [3.8, 4) is 0 Å². The highest BCUT2D eigenvalue weighted by Gasteiger charge is 2.25. The molecule has 1 aliphatic rings. The van der Waals surface area contributed by atoms with E-state index >= 15 is 0 Å². The van der Waals surface area contributed by atoms with E-state index in [1.54, 1.807) is 4.90 Å². The van der Waals surface area contributed by atoms with Gasteiger partial charge in [-0.05, 0) is 56.4 Å². The first-order valence-corrected chi connectivity index (χ1v) is 8.65. The highest BCUT2D eigenvalue weighted by molar-refractivity contribution is 9.08. The molecule has 1 amide bonds. The molecule has 2 rings (SSSR count). The summed E-state index contributed by atoms with van der Waals surface area (Å²) in [4.78, 5) is 14.0. The summed E-state index contributed by atoms with van der Waals surface area (Å²) in [6.45, 7) is 7.02. The number of nitrogens with zero attached hydrogens (tertiary/aromatic N) is 1. The van der Waals surface area contributed by atoms with E-state index in [0.717, 1.165) is 28.8 Å². The van der Waals surface area contributed by atoms with Crippen LogP contribution in [0, 0.1) is 0 Å². The standard InChI is InChI=1S/C16H21BrClNO2/c1-16(2,3)21-15(20)19-8-6-11-4-5-14(18)13(10-17)12(11)7-9-19/h4-5H,6-10H2,1-3H3. The van der Waals surface area contributed by atoms with Gasteiger partial charge in [0, 0.05) is 23.4 Å². The van der Waals surface area contributed by atoms with Crippen molar-refractivity contribution in [2.45, 2.75) is 44.5 Å². The maximum absolute atomic E-state index is 12.2. The quantitative estimate of drug-likeness (QED) is 0.674. The molecule has 3 nitrogen and oxygen atoms in total. The Bertz CT molecular complexity index is 540. The number of benzene rings is 1. The first-order valence-electron chi connectivity index (χ1n) is 7.15. The van der Waals surface area contributed by atoms with Crippen molar-refractivity contribution in [3.05, 3.63) is 33.8 Å². The molecular weight excluding hydrogens is 354 g/mol. The lowest BCUT2D eigenvalue weighted by Crippen LogP contribution is -2.38. The van der Waals surface area contributed by atoms with Crippen molar-refractivity contribution in [3.63, 3.8) is 0 Å². The molecule has 1 aliphatic heterocycles. The van der Waals surface area contributed by atoms with Crippen LogP contribution in [0.2, 0.25) is 5.02 Å². The number of ether oxygens (including phenoxy) is 1. The second kappa shape index (κ2) is 6.57. The summed E-state index contributed by atoms with van der Waals surface area (Å²) in [5.74, 6) is 0. The van der Waals surface area contributed by atoms with Crippen LogP contribution < -0.4 is 0 Å². The van der Waals surface area contributed by atoms with Crippen LogP contribution in [0.4, 0.5) is 4.79 Å². The molecule has 116 valence electrons. The van der Waals surface area contributed by atoms with Gasteiger partial charge in [0.25, 0.3) is 0 Å². The summed E-state index contributed by atoms with van der Waals surface area (Å²) in [7, 11) is 0. The average molecular weight is 375 g/mol. The Labute approximate surface area is 139 Å².